The third-order valence-corrected chi connectivity index (χ3v) is 8.62. The van der Waals surface area contributed by atoms with E-state index in [1.54, 1.807) is 0 Å². The van der Waals surface area contributed by atoms with E-state index in [0.29, 0.717) is 12.2 Å². The molecule has 1 heteroatoms. The number of ketones is 1. The summed E-state index contributed by atoms with van der Waals surface area (Å²) in [6.45, 7) is 2.27. The van der Waals surface area contributed by atoms with Crippen LogP contribution in [0.15, 0.2) is 97.1 Å². The standard InChI is InChI=1S/C40H46O/c1-2-3-4-5-6-7-8-9-10-23-39(41)40-37-21-13-19-35(29-37)27-33-17-11-15-31(25-33)24-32-16-12-18-34(26-32)28-36-20-14-22-38(40)30-36/h11-22,25-26,29-30,40H,2-10,23-24,27-28H2,1H3. The topological polar surface area (TPSA) is 17.1 Å². The van der Waals surface area contributed by atoms with Crippen LogP contribution in [-0.4, -0.2) is 5.78 Å². The Morgan fingerprint density at radius 2 is 0.878 bits per heavy atom. The number of unbranched alkanes of at least 4 members (excludes halogenated alkanes) is 8. The maximum Gasteiger partial charge on any atom is 0.144 e. The summed E-state index contributed by atoms with van der Waals surface area (Å²) < 4.78 is 0. The van der Waals surface area contributed by atoms with Crippen molar-refractivity contribution in [3.05, 3.63) is 142 Å². The zero-order chi connectivity index (χ0) is 28.3. The lowest BCUT2D eigenvalue weighted by molar-refractivity contribution is -0.119. The first-order valence-corrected chi connectivity index (χ1v) is 16.0. The van der Waals surface area contributed by atoms with Gasteiger partial charge in [0.2, 0.25) is 0 Å². The Hall–Kier alpha value is -3.45. The molecule has 0 aliphatic heterocycles. The Morgan fingerprint density at radius 3 is 1.32 bits per heavy atom. The number of Topliss-reactive ketones (excluding diaryl/α,β-unsaturated/α-hetero) is 1. The van der Waals surface area contributed by atoms with Gasteiger partial charge < -0.3 is 0 Å². The monoisotopic (exact) mass is 542 g/mol. The predicted octanol–water partition coefficient (Wildman–Crippen LogP) is 10.4. The van der Waals surface area contributed by atoms with Gasteiger partial charge >= 0.3 is 0 Å². The van der Waals surface area contributed by atoms with Crippen LogP contribution in [0, 0.1) is 0 Å². The minimum Gasteiger partial charge on any atom is -0.299 e. The third kappa shape index (κ3) is 8.52. The molecule has 0 saturated heterocycles. The molecule has 0 fully saturated rings. The van der Waals surface area contributed by atoms with Crippen molar-refractivity contribution >= 4 is 5.78 Å². The van der Waals surface area contributed by atoms with E-state index in [2.05, 4.69) is 104 Å². The van der Waals surface area contributed by atoms with Crippen LogP contribution in [-0.2, 0) is 24.1 Å². The Morgan fingerprint density at radius 1 is 0.512 bits per heavy atom. The van der Waals surface area contributed by atoms with Crippen LogP contribution in [0.3, 0.4) is 0 Å². The van der Waals surface area contributed by atoms with Crippen molar-refractivity contribution in [3.8, 4) is 0 Å². The molecule has 0 heterocycles. The first kappa shape index (κ1) is 29.1. The molecule has 0 aromatic heterocycles. The third-order valence-electron chi connectivity index (χ3n) is 8.62. The number of benzene rings is 4. The van der Waals surface area contributed by atoms with Gasteiger partial charge in [-0.25, -0.2) is 0 Å². The van der Waals surface area contributed by atoms with Gasteiger partial charge in [0.1, 0.15) is 5.78 Å². The number of carbonyl (C=O) groups excluding carboxylic acids is 1. The smallest absolute Gasteiger partial charge is 0.144 e. The highest BCUT2D eigenvalue weighted by Crippen LogP contribution is 2.31. The van der Waals surface area contributed by atoms with Gasteiger partial charge in [-0.3, -0.25) is 4.79 Å². The van der Waals surface area contributed by atoms with Crippen molar-refractivity contribution in [2.45, 2.75) is 96.3 Å². The van der Waals surface area contributed by atoms with E-state index in [-0.39, 0.29) is 5.92 Å². The molecule has 0 unspecified atom stereocenters. The molecule has 1 aliphatic carbocycles. The number of rotatable bonds is 11. The summed E-state index contributed by atoms with van der Waals surface area (Å²) >= 11 is 0. The molecule has 212 valence electrons. The minimum absolute atomic E-state index is 0.213. The second-order valence-electron chi connectivity index (χ2n) is 12.1. The van der Waals surface area contributed by atoms with E-state index in [1.165, 1.54) is 78.3 Å². The SMILES string of the molecule is CCCCCCCCCCCC(=O)C1c2cccc(c2)Cc2cccc(c2)Cc2cccc(c2)Cc2cccc1c2. The van der Waals surface area contributed by atoms with E-state index >= 15 is 0 Å². The molecule has 8 bridgehead atoms. The molecule has 5 rings (SSSR count). The number of hydrogen-bond acceptors (Lipinski definition) is 1. The molecule has 0 atom stereocenters. The van der Waals surface area contributed by atoms with E-state index in [0.717, 1.165) is 43.2 Å². The van der Waals surface area contributed by atoms with Crippen LogP contribution >= 0.6 is 0 Å². The Balaban J connectivity index is 1.38. The number of hydrogen-bond donors (Lipinski definition) is 0. The van der Waals surface area contributed by atoms with Crippen molar-refractivity contribution in [2.24, 2.45) is 0 Å². The van der Waals surface area contributed by atoms with Crippen LogP contribution in [0.2, 0.25) is 0 Å². The van der Waals surface area contributed by atoms with E-state index in [9.17, 15) is 4.79 Å². The van der Waals surface area contributed by atoms with E-state index in [1.807, 2.05) is 0 Å². The molecule has 1 aliphatic rings. The summed E-state index contributed by atoms with van der Waals surface area (Å²) in [5.41, 5.74) is 10.1. The molecule has 0 amide bonds. The zero-order valence-corrected chi connectivity index (χ0v) is 24.9. The summed E-state index contributed by atoms with van der Waals surface area (Å²) in [6.07, 6.45) is 14.7. The second-order valence-corrected chi connectivity index (χ2v) is 12.1. The number of carbonyl (C=O) groups is 1. The van der Waals surface area contributed by atoms with Gasteiger partial charge in [-0.2, -0.15) is 0 Å². The quantitative estimate of drug-likeness (QED) is 0.172. The fourth-order valence-electron chi connectivity index (χ4n) is 6.49. The van der Waals surface area contributed by atoms with Gasteiger partial charge in [0.15, 0.2) is 0 Å². The Kier molecular flexibility index (Phi) is 10.6. The van der Waals surface area contributed by atoms with Crippen LogP contribution in [0.4, 0.5) is 0 Å². The zero-order valence-electron chi connectivity index (χ0n) is 24.9. The van der Waals surface area contributed by atoms with Gasteiger partial charge in [0.05, 0.1) is 5.92 Å². The fraction of sp³-hybridized carbons (Fsp3) is 0.375. The van der Waals surface area contributed by atoms with Crippen molar-refractivity contribution in [2.75, 3.05) is 0 Å². The maximum absolute atomic E-state index is 13.9. The summed E-state index contributed by atoms with van der Waals surface area (Å²) in [5.74, 6) is 0.141. The van der Waals surface area contributed by atoms with E-state index < -0.39 is 0 Å². The van der Waals surface area contributed by atoms with Crippen LogP contribution in [0.1, 0.15) is 122 Å². The maximum atomic E-state index is 13.9. The van der Waals surface area contributed by atoms with Gasteiger partial charge in [0.25, 0.3) is 0 Å². The van der Waals surface area contributed by atoms with Crippen molar-refractivity contribution in [3.63, 3.8) is 0 Å². The lowest BCUT2D eigenvalue weighted by atomic mass is 9.83. The Bertz CT molecular complexity index is 1320. The van der Waals surface area contributed by atoms with Crippen LogP contribution in [0.25, 0.3) is 0 Å². The van der Waals surface area contributed by atoms with Crippen molar-refractivity contribution in [1.82, 2.24) is 0 Å². The lowest BCUT2D eigenvalue weighted by Gasteiger charge is -2.19. The number of fused-ring (bicyclic) bond motifs is 8. The van der Waals surface area contributed by atoms with Crippen molar-refractivity contribution < 1.29 is 4.79 Å². The second kappa shape index (κ2) is 15.0. The highest BCUT2D eigenvalue weighted by Gasteiger charge is 2.23. The minimum atomic E-state index is -0.213. The molecule has 4 aromatic rings. The van der Waals surface area contributed by atoms with Crippen LogP contribution in [0.5, 0.6) is 0 Å². The average molecular weight is 543 g/mol. The molecule has 1 nitrogen and oxygen atoms in total. The van der Waals surface area contributed by atoms with Gasteiger partial charge in [-0.15, -0.1) is 0 Å². The van der Waals surface area contributed by atoms with E-state index in [4.69, 9.17) is 0 Å². The molecule has 0 N–H and O–H groups in total. The van der Waals surface area contributed by atoms with Crippen LogP contribution < -0.4 is 0 Å². The summed E-state index contributed by atoms with van der Waals surface area (Å²) in [5, 5.41) is 0. The Labute approximate surface area is 248 Å². The predicted molar refractivity (Wildman–Crippen MR) is 173 cm³/mol. The lowest BCUT2D eigenvalue weighted by Crippen LogP contribution is -2.15. The molecule has 0 radical (unpaired) electrons. The molecule has 0 saturated carbocycles. The van der Waals surface area contributed by atoms with Gasteiger partial charge in [-0.1, -0.05) is 155 Å². The molecular formula is C40H46O. The van der Waals surface area contributed by atoms with Gasteiger partial charge in [0, 0.05) is 6.42 Å². The highest BCUT2D eigenvalue weighted by molar-refractivity contribution is 5.89. The average Bonchev–Trinajstić information content (AvgIpc) is 2.97. The molecule has 0 spiro atoms. The summed E-state index contributed by atoms with van der Waals surface area (Å²) in [7, 11) is 0. The fourth-order valence-corrected chi connectivity index (χ4v) is 6.49. The summed E-state index contributed by atoms with van der Waals surface area (Å²) in [4.78, 5) is 13.9. The largest absolute Gasteiger partial charge is 0.299 e. The molecule has 41 heavy (non-hydrogen) atoms. The van der Waals surface area contributed by atoms with Gasteiger partial charge in [-0.05, 0) is 70.2 Å². The first-order chi connectivity index (χ1) is 20.2. The first-order valence-electron chi connectivity index (χ1n) is 16.0. The molecular weight excluding hydrogens is 496 g/mol. The highest BCUT2D eigenvalue weighted by atomic mass is 16.1. The van der Waals surface area contributed by atoms with Crippen molar-refractivity contribution in [1.29, 1.82) is 0 Å². The molecule has 4 aromatic carbocycles. The normalized spacial score (nSPS) is 13.2. The summed E-state index contributed by atoms with van der Waals surface area (Å²) in [6, 6.07) is 35.6.